The highest BCUT2D eigenvalue weighted by Crippen LogP contribution is 2.15. The fourth-order valence-electron chi connectivity index (χ4n) is 2.08. The maximum absolute atomic E-state index is 13.4. The van der Waals surface area contributed by atoms with Gasteiger partial charge in [0.2, 0.25) is 0 Å². The second-order valence-corrected chi connectivity index (χ2v) is 5.39. The van der Waals surface area contributed by atoms with Crippen LogP contribution in [0.1, 0.15) is 24.8 Å². The molecule has 0 aliphatic heterocycles. The Morgan fingerprint density at radius 3 is 1.85 bits per heavy atom. The van der Waals surface area contributed by atoms with Gasteiger partial charge < -0.3 is 25.1 Å². The zero-order valence-corrected chi connectivity index (χ0v) is 15.3. The number of carbonyl (C=O) groups is 1. The average Bonchev–Trinajstić information content (AvgIpc) is 2.61. The number of rotatable bonds is 14. The van der Waals surface area contributed by atoms with Gasteiger partial charge in [0.15, 0.2) is 0 Å². The third-order valence-corrected chi connectivity index (χ3v) is 3.31. The summed E-state index contributed by atoms with van der Waals surface area (Å²) in [6, 6.07) is 1.36. The average molecular weight is 395 g/mol. The van der Waals surface area contributed by atoms with Gasteiger partial charge in [0.05, 0.1) is 26.4 Å². The van der Waals surface area contributed by atoms with Crippen LogP contribution in [0, 0.1) is 17.5 Å². The molecule has 27 heavy (non-hydrogen) atoms. The molecule has 0 aromatic heterocycles. The van der Waals surface area contributed by atoms with Crippen molar-refractivity contribution in [1.29, 1.82) is 0 Å². The quantitative estimate of drug-likeness (QED) is 0.372. The van der Waals surface area contributed by atoms with Gasteiger partial charge >= 0.3 is 0 Å². The van der Waals surface area contributed by atoms with Gasteiger partial charge in [-0.25, -0.2) is 13.2 Å². The fourth-order valence-corrected chi connectivity index (χ4v) is 2.08. The van der Waals surface area contributed by atoms with E-state index in [1.807, 2.05) is 0 Å². The van der Waals surface area contributed by atoms with Crippen molar-refractivity contribution in [3.05, 3.63) is 35.1 Å². The molecule has 0 spiro atoms. The molecule has 156 valence electrons. The molecule has 0 saturated carbocycles. The summed E-state index contributed by atoms with van der Waals surface area (Å²) in [6.45, 7) is 3.31. The highest BCUT2D eigenvalue weighted by molar-refractivity contribution is 5.32. The van der Waals surface area contributed by atoms with Gasteiger partial charge in [-0.1, -0.05) is 0 Å². The Morgan fingerprint density at radius 1 is 0.852 bits per heavy atom. The Balaban J connectivity index is 0.00000210. The van der Waals surface area contributed by atoms with E-state index in [4.69, 9.17) is 29.8 Å². The summed E-state index contributed by atoms with van der Waals surface area (Å²) in [5.74, 6) is -2.66. The van der Waals surface area contributed by atoms with E-state index >= 15 is 0 Å². The molecule has 9 heteroatoms. The third kappa shape index (κ3) is 14.1. The van der Waals surface area contributed by atoms with Gasteiger partial charge in [-0.05, 0) is 19.3 Å². The van der Waals surface area contributed by atoms with Crippen LogP contribution in [-0.2, 0) is 25.4 Å². The number of hydrogen-bond acceptors (Lipinski definition) is 5. The molecular weight excluding hydrogens is 367 g/mol. The van der Waals surface area contributed by atoms with Crippen LogP contribution in [0.2, 0.25) is 0 Å². The smallest absolute Gasteiger partial charge is 0.290 e. The molecule has 0 fully saturated rings. The Labute approximate surface area is 157 Å². The summed E-state index contributed by atoms with van der Waals surface area (Å²) in [5.41, 5.74) is 5.15. The van der Waals surface area contributed by atoms with Crippen LogP contribution in [0.3, 0.4) is 0 Å². The van der Waals surface area contributed by atoms with Crippen LogP contribution in [0.5, 0.6) is 0 Å². The summed E-state index contributed by atoms with van der Waals surface area (Å²) >= 11 is 0. The van der Waals surface area contributed by atoms with Gasteiger partial charge in [-0.2, -0.15) is 0 Å². The van der Waals surface area contributed by atoms with Crippen molar-refractivity contribution >= 4 is 6.47 Å². The second-order valence-electron chi connectivity index (χ2n) is 5.39. The molecule has 3 N–H and O–H groups in total. The highest BCUT2D eigenvalue weighted by atomic mass is 19.1. The molecule has 0 unspecified atom stereocenters. The number of nitrogens with two attached hydrogens (primary N) is 1. The van der Waals surface area contributed by atoms with Gasteiger partial charge in [-0.3, -0.25) is 4.79 Å². The molecular formula is C18H28F3NO5. The monoisotopic (exact) mass is 395 g/mol. The molecule has 0 saturated heterocycles. The fraction of sp³-hybridized carbons (Fsp3) is 0.611. The maximum Gasteiger partial charge on any atom is 0.290 e. The molecule has 0 amide bonds. The largest absolute Gasteiger partial charge is 0.483 e. The summed E-state index contributed by atoms with van der Waals surface area (Å²) < 4.78 is 55.5. The molecule has 1 aromatic carbocycles. The van der Waals surface area contributed by atoms with Crippen molar-refractivity contribution < 1.29 is 37.3 Å². The van der Waals surface area contributed by atoms with E-state index < -0.39 is 17.5 Å². The predicted molar refractivity (Wildman–Crippen MR) is 94.1 cm³/mol. The Morgan fingerprint density at radius 2 is 1.33 bits per heavy atom. The zero-order chi connectivity index (χ0) is 20.3. The minimum atomic E-state index is -0.914. The van der Waals surface area contributed by atoms with E-state index in [-0.39, 0.29) is 25.1 Å². The van der Waals surface area contributed by atoms with Crippen molar-refractivity contribution in [2.45, 2.75) is 25.7 Å². The highest BCUT2D eigenvalue weighted by Gasteiger charge is 2.10. The lowest BCUT2D eigenvalue weighted by atomic mass is 10.1. The van der Waals surface area contributed by atoms with E-state index in [2.05, 4.69) is 0 Å². The van der Waals surface area contributed by atoms with Crippen LogP contribution in [0.15, 0.2) is 12.1 Å². The van der Waals surface area contributed by atoms with Gasteiger partial charge in [0.25, 0.3) is 6.47 Å². The van der Waals surface area contributed by atoms with E-state index in [1.54, 1.807) is 0 Å². The summed E-state index contributed by atoms with van der Waals surface area (Å²) in [7, 11) is 0. The maximum atomic E-state index is 13.4. The third-order valence-electron chi connectivity index (χ3n) is 3.31. The molecule has 1 aromatic rings. The summed E-state index contributed by atoms with van der Waals surface area (Å²) in [4.78, 5) is 8.36. The van der Waals surface area contributed by atoms with E-state index in [0.29, 0.717) is 51.7 Å². The van der Waals surface area contributed by atoms with E-state index in [0.717, 1.165) is 19.3 Å². The van der Waals surface area contributed by atoms with Crippen LogP contribution in [-0.4, -0.2) is 57.8 Å². The van der Waals surface area contributed by atoms with Gasteiger partial charge in [0, 0.05) is 43.9 Å². The standard InChI is InChI=1S/C17H26F3NO3.CH2O2/c18-14-12-16(19)15(17(20)13-14)4-8-22-6-2-1-3-7-23-10-11-24-9-5-21;2-1-3/h12-13H,1-11,21H2;1H,(H,2,3). The minimum absolute atomic E-state index is 0.0872. The summed E-state index contributed by atoms with van der Waals surface area (Å²) in [5, 5.41) is 6.89. The van der Waals surface area contributed by atoms with Crippen molar-refractivity contribution in [1.82, 2.24) is 0 Å². The molecule has 0 atom stereocenters. The first-order valence-corrected chi connectivity index (χ1v) is 8.71. The molecule has 0 radical (unpaired) electrons. The number of halogens is 3. The van der Waals surface area contributed by atoms with Crippen LogP contribution in [0.25, 0.3) is 0 Å². The first-order valence-electron chi connectivity index (χ1n) is 8.71. The summed E-state index contributed by atoms with van der Waals surface area (Å²) in [6.07, 6.45) is 2.80. The Bertz CT molecular complexity index is 483. The molecule has 0 aliphatic carbocycles. The van der Waals surface area contributed by atoms with E-state index in [9.17, 15) is 13.2 Å². The SMILES string of the molecule is NCCOCCOCCCCCOCCc1c(F)cc(F)cc1F.O=CO. The Hall–Kier alpha value is -1.68. The topological polar surface area (TPSA) is 91.0 Å². The number of carboxylic acid groups (broad SMARTS) is 1. The van der Waals surface area contributed by atoms with Crippen molar-refractivity contribution in [3.8, 4) is 0 Å². The first kappa shape index (κ1) is 25.3. The Kier molecular flexibility index (Phi) is 16.6. The zero-order valence-electron chi connectivity index (χ0n) is 15.3. The van der Waals surface area contributed by atoms with Crippen molar-refractivity contribution in [3.63, 3.8) is 0 Å². The molecule has 0 bridgehead atoms. The first-order chi connectivity index (χ1) is 13.1. The number of unbranched alkanes of at least 4 members (excludes halogenated alkanes) is 2. The minimum Gasteiger partial charge on any atom is -0.483 e. The normalized spacial score (nSPS) is 10.4. The van der Waals surface area contributed by atoms with Crippen LogP contribution < -0.4 is 5.73 Å². The molecule has 0 heterocycles. The lowest BCUT2D eigenvalue weighted by Gasteiger charge is -2.07. The van der Waals surface area contributed by atoms with Crippen molar-refractivity contribution in [2.24, 2.45) is 5.73 Å². The van der Waals surface area contributed by atoms with E-state index in [1.165, 1.54) is 0 Å². The number of ether oxygens (including phenoxy) is 3. The second kappa shape index (κ2) is 17.7. The molecule has 6 nitrogen and oxygen atoms in total. The van der Waals surface area contributed by atoms with Crippen LogP contribution >= 0.6 is 0 Å². The number of hydrogen-bond donors (Lipinski definition) is 2. The lowest BCUT2D eigenvalue weighted by molar-refractivity contribution is -0.122. The predicted octanol–water partition coefficient (Wildman–Crippen LogP) is 2.53. The van der Waals surface area contributed by atoms with Gasteiger partial charge in [-0.15, -0.1) is 0 Å². The molecule has 0 aliphatic rings. The lowest BCUT2D eigenvalue weighted by Crippen LogP contribution is -2.12. The van der Waals surface area contributed by atoms with Crippen molar-refractivity contribution in [2.75, 3.05) is 46.2 Å². The molecule has 1 rings (SSSR count). The van der Waals surface area contributed by atoms with Crippen LogP contribution in [0.4, 0.5) is 13.2 Å². The van der Waals surface area contributed by atoms with Gasteiger partial charge in [0.1, 0.15) is 17.5 Å². The number of benzene rings is 1.